The van der Waals surface area contributed by atoms with Gasteiger partial charge in [-0.25, -0.2) is 4.98 Å². The van der Waals surface area contributed by atoms with Crippen molar-refractivity contribution >= 4 is 23.1 Å². The lowest BCUT2D eigenvalue weighted by atomic mass is 10.3. The fourth-order valence-corrected chi connectivity index (χ4v) is 3.17. The number of nitrogens with zero attached hydrogens (tertiary/aromatic N) is 1. The summed E-state index contributed by atoms with van der Waals surface area (Å²) < 4.78 is 0. The molecule has 0 amide bonds. The minimum Gasteiger partial charge on any atom is -0.308 e. The molecule has 15 heavy (non-hydrogen) atoms. The first-order valence-electron chi connectivity index (χ1n) is 5.55. The van der Waals surface area contributed by atoms with Crippen LogP contribution in [0.25, 0.3) is 0 Å². The first-order valence-corrected chi connectivity index (χ1v) is 7.65. The Bertz CT molecular complexity index is 270. The Morgan fingerprint density at radius 1 is 1.67 bits per heavy atom. The summed E-state index contributed by atoms with van der Waals surface area (Å²) in [4.78, 5) is 4.30. The molecule has 1 N–H and O–H groups in total. The third-order valence-electron chi connectivity index (χ3n) is 2.64. The van der Waals surface area contributed by atoms with Crippen LogP contribution in [0.2, 0.25) is 0 Å². The Morgan fingerprint density at radius 2 is 2.53 bits per heavy atom. The van der Waals surface area contributed by atoms with Gasteiger partial charge in [0.25, 0.3) is 0 Å². The van der Waals surface area contributed by atoms with Crippen LogP contribution in [0.15, 0.2) is 10.9 Å². The molecule has 1 fully saturated rings. The van der Waals surface area contributed by atoms with Crippen LogP contribution in [0.1, 0.15) is 31.5 Å². The first kappa shape index (κ1) is 11.4. The van der Waals surface area contributed by atoms with Gasteiger partial charge < -0.3 is 5.32 Å². The maximum Gasteiger partial charge on any atom is 0.0795 e. The van der Waals surface area contributed by atoms with Crippen LogP contribution in [0, 0.1) is 5.92 Å². The van der Waals surface area contributed by atoms with Crippen LogP contribution in [-0.2, 0) is 0 Å². The van der Waals surface area contributed by atoms with Crippen molar-refractivity contribution in [1.82, 2.24) is 10.3 Å². The maximum absolute atomic E-state index is 4.30. The van der Waals surface area contributed by atoms with Crippen LogP contribution in [-0.4, -0.2) is 23.0 Å². The van der Waals surface area contributed by atoms with Crippen molar-refractivity contribution in [3.05, 3.63) is 16.6 Å². The molecule has 1 atom stereocenters. The highest BCUT2D eigenvalue weighted by atomic mass is 32.2. The van der Waals surface area contributed by atoms with Crippen molar-refractivity contribution in [2.75, 3.05) is 18.1 Å². The lowest BCUT2D eigenvalue weighted by molar-refractivity contribution is 0.589. The quantitative estimate of drug-likeness (QED) is 0.744. The summed E-state index contributed by atoms with van der Waals surface area (Å²) in [5.74, 6) is 3.64. The Morgan fingerprint density at radius 3 is 3.20 bits per heavy atom. The fraction of sp³-hybridized carbons (Fsp3) is 0.727. The summed E-state index contributed by atoms with van der Waals surface area (Å²) in [5.41, 5.74) is 3.07. The van der Waals surface area contributed by atoms with Gasteiger partial charge in [-0.1, -0.05) is 0 Å². The fourth-order valence-electron chi connectivity index (χ4n) is 1.42. The van der Waals surface area contributed by atoms with E-state index in [1.807, 2.05) is 5.51 Å². The zero-order valence-corrected chi connectivity index (χ0v) is 10.7. The highest BCUT2D eigenvalue weighted by molar-refractivity contribution is 7.99. The van der Waals surface area contributed by atoms with Gasteiger partial charge in [0.1, 0.15) is 0 Å². The van der Waals surface area contributed by atoms with Crippen molar-refractivity contribution in [2.24, 2.45) is 5.92 Å². The number of hydrogen-bond donors (Lipinski definition) is 1. The molecule has 0 bridgehead atoms. The first-order chi connectivity index (χ1) is 7.36. The van der Waals surface area contributed by atoms with Crippen molar-refractivity contribution in [1.29, 1.82) is 0 Å². The molecule has 84 valence electrons. The van der Waals surface area contributed by atoms with E-state index in [2.05, 4.69) is 34.4 Å². The maximum atomic E-state index is 4.30. The van der Waals surface area contributed by atoms with Crippen LogP contribution in [0.5, 0.6) is 0 Å². The molecule has 1 aliphatic rings. The molecule has 0 spiro atoms. The van der Waals surface area contributed by atoms with E-state index in [-0.39, 0.29) is 0 Å². The summed E-state index contributed by atoms with van der Waals surface area (Å²) in [6, 6.07) is 0.401. The number of nitrogens with one attached hydrogen (secondary N) is 1. The van der Waals surface area contributed by atoms with Crippen molar-refractivity contribution < 1.29 is 0 Å². The molecule has 1 unspecified atom stereocenters. The van der Waals surface area contributed by atoms with E-state index in [9.17, 15) is 0 Å². The van der Waals surface area contributed by atoms with Crippen LogP contribution in [0.4, 0.5) is 0 Å². The van der Waals surface area contributed by atoms with Crippen LogP contribution in [0.3, 0.4) is 0 Å². The molecule has 1 aromatic heterocycles. The number of aromatic nitrogens is 1. The van der Waals surface area contributed by atoms with E-state index in [1.165, 1.54) is 30.0 Å². The molecular formula is C11H18N2S2. The number of rotatable bonds is 7. The Kier molecular flexibility index (Phi) is 4.47. The van der Waals surface area contributed by atoms with Gasteiger partial charge in [0.2, 0.25) is 0 Å². The third-order valence-corrected chi connectivity index (χ3v) is 4.45. The predicted octanol–water partition coefficient (Wildman–Crippen LogP) is 2.94. The largest absolute Gasteiger partial charge is 0.308 e. The SMILES string of the molecule is CC(NCCSCC1CC1)c1cscn1. The normalized spacial score (nSPS) is 17.9. The molecule has 0 aromatic carbocycles. The van der Waals surface area contributed by atoms with E-state index in [0.29, 0.717) is 6.04 Å². The van der Waals surface area contributed by atoms with Gasteiger partial charge in [-0.15, -0.1) is 11.3 Å². The Balaban J connectivity index is 1.53. The second-order valence-electron chi connectivity index (χ2n) is 4.11. The second-order valence-corrected chi connectivity index (χ2v) is 5.98. The number of thioether (sulfide) groups is 1. The molecule has 1 saturated carbocycles. The van der Waals surface area contributed by atoms with E-state index in [0.717, 1.165) is 12.5 Å². The molecule has 0 radical (unpaired) electrons. The lowest BCUT2D eigenvalue weighted by Crippen LogP contribution is -2.21. The highest BCUT2D eigenvalue weighted by Gasteiger charge is 2.20. The Hall–Kier alpha value is -0.0600. The van der Waals surface area contributed by atoms with Gasteiger partial charge in [-0.05, 0) is 31.4 Å². The molecule has 1 aromatic rings. The summed E-state index contributed by atoms with van der Waals surface area (Å²) in [5, 5.41) is 5.62. The minimum atomic E-state index is 0.401. The zero-order chi connectivity index (χ0) is 10.5. The molecular weight excluding hydrogens is 224 g/mol. The standard InChI is InChI=1S/C11H18N2S2/c1-9(11-7-15-8-13-11)12-4-5-14-6-10-2-3-10/h7-10,12H,2-6H2,1H3. The minimum absolute atomic E-state index is 0.401. The molecule has 1 heterocycles. The molecule has 0 saturated heterocycles. The monoisotopic (exact) mass is 242 g/mol. The van der Waals surface area contributed by atoms with Gasteiger partial charge in [0.15, 0.2) is 0 Å². The topological polar surface area (TPSA) is 24.9 Å². The zero-order valence-electron chi connectivity index (χ0n) is 9.11. The van der Waals surface area contributed by atoms with E-state index in [1.54, 1.807) is 11.3 Å². The second kappa shape index (κ2) is 5.87. The third kappa shape index (κ3) is 4.13. The molecule has 2 nitrogen and oxygen atoms in total. The summed E-state index contributed by atoms with van der Waals surface area (Å²) in [6.45, 7) is 3.27. The van der Waals surface area contributed by atoms with Gasteiger partial charge in [0, 0.05) is 23.7 Å². The number of hydrogen-bond acceptors (Lipinski definition) is 4. The van der Waals surface area contributed by atoms with Gasteiger partial charge in [0.05, 0.1) is 11.2 Å². The lowest BCUT2D eigenvalue weighted by Gasteiger charge is -2.10. The van der Waals surface area contributed by atoms with Crippen molar-refractivity contribution in [3.63, 3.8) is 0 Å². The Labute approximate surface area is 99.9 Å². The van der Waals surface area contributed by atoms with Crippen molar-refractivity contribution in [3.8, 4) is 0 Å². The van der Waals surface area contributed by atoms with Gasteiger partial charge in [-0.2, -0.15) is 11.8 Å². The smallest absolute Gasteiger partial charge is 0.0795 e. The van der Waals surface area contributed by atoms with E-state index >= 15 is 0 Å². The average Bonchev–Trinajstić information content (AvgIpc) is 2.90. The summed E-state index contributed by atoms with van der Waals surface area (Å²) >= 11 is 3.75. The number of thiazole rings is 1. The van der Waals surface area contributed by atoms with E-state index < -0.39 is 0 Å². The van der Waals surface area contributed by atoms with Crippen LogP contribution < -0.4 is 5.32 Å². The molecule has 4 heteroatoms. The average molecular weight is 242 g/mol. The highest BCUT2D eigenvalue weighted by Crippen LogP contribution is 2.32. The molecule has 1 aliphatic carbocycles. The van der Waals surface area contributed by atoms with Gasteiger partial charge in [-0.3, -0.25) is 0 Å². The van der Waals surface area contributed by atoms with Crippen LogP contribution >= 0.6 is 23.1 Å². The van der Waals surface area contributed by atoms with E-state index in [4.69, 9.17) is 0 Å². The summed E-state index contributed by atoms with van der Waals surface area (Å²) in [7, 11) is 0. The molecule has 0 aliphatic heterocycles. The van der Waals surface area contributed by atoms with Crippen molar-refractivity contribution in [2.45, 2.75) is 25.8 Å². The predicted molar refractivity (Wildman–Crippen MR) is 68.6 cm³/mol. The molecule has 2 rings (SSSR count). The summed E-state index contributed by atoms with van der Waals surface area (Å²) in [6.07, 6.45) is 2.94. The van der Waals surface area contributed by atoms with Gasteiger partial charge >= 0.3 is 0 Å².